The molecule has 18 nitrogen and oxygen atoms in total. The van der Waals surface area contributed by atoms with Gasteiger partial charge in [0.15, 0.2) is 10.8 Å². The molecule has 3 saturated heterocycles. The van der Waals surface area contributed by atoms with Crippen molar-refractivity contribution in [3.05, 3.63) is 82.1 Å². The SMILES string of the molecule is COC(=O)NC(C(=O)N1CCC[C@H]1c1ncc(-c2ccc3c(c2)c(F)c2n3C(c3ncc(C4CC4)s3)Oc3cc(-c4cnc([C@@H]5CCCN5C(=O)[C@@H](NC(=O)OC)C(C)C)[nH]4)cc(F)c3-2)[nH]1)C1CCOC(C)(C)C1. The van der Waals surface area contributed by atoms with E-state index in [-0.39, 0.29) is 46.0 Å². The van der Waals surface area contributed by atoms with Gasteiger partial charge in [-0.2, -0.15) is 0 Å². The molecular weight excluding hydrogens is 975 g/mol. The lowest BCUT2D eigenvalue weighted by atomic mass is 9.82. The van der Waals surface area contributed by atoms with Gasteiger partial charge in [0.1, 0.15) is 35.3 Å². The number of amides is 4. The Bertz CT molecular complexity index is 3160. The third-order valence-electron chi connectivity index (χ3n) is 15.3. The number of alkyl carbamates (subject to hydrolysis) is 2. The molecule has 0 spiro atoms. The standard InChI is InChI=1S/C53H60F2N10O8S/c1-26(2)42(61-51(68)70-5)48(66)63-16-7-9-36(63)46-57-24-34(60-46)30-20-32(54)40-38(21-30)73-50(47-58-25-39(74-47)27-11-12-27)65-35-14-13-28(19-31(35)41(55)44(40)65)33-23-56-45(59-33)37-10-8-17-64(37)49(67)43(62-52(69)71-6)29-15-18-72-53(3,4)22-29/h13-14,19-21,23-27,29,36-37,42-43,50H,7-12,15-18,22H2,1-6H3,(H,56,59)(H,57,60)(H,61,68)(H,62,69)/t29?,36-,37-,42-,43?,50?/m0/s1. The Hall–Kier alpha value is -6.87. The van der Waals surface area contributed by atoms with Gasteiger partial charge in [0.2, 0.25) is 18.0 Å². The van der Waals surface area contributed by atoms with Crippen molar-refractivity contribution in [2.75, 3.05) is 33.9 Å². The van der Waals surface area contributed by atoms with Gasteiger partial charge in [-0.1, -0.05) is 19.9 Å². The maximum Gasteiger partial charge on any atom is 0.407 e. The van der Waals surface area contributed by atoms with Crippen LogP contribution in [0.5, 0.6) is 5.75 Å². The fourth-order valence-electron chi connectivity index (χ4n) is 11.4. The van der Waals surface area contributed by atoms with Crippen LogP contribution in [-0.4, -0.2) is 115 Å². The van der Waals surface area contributed by atoms with Crippen molar-refractivity contribution in [2.45, 2.75) is 121 Å². The fourth-order valence-corrected chi connectivity index (χ4v) is 12.5. The van der Waals surface area contributed by atoms with Gasteiger partial charge in [-0.05, 0) is 107 Å². The van der Waals surface area contributed by atoms with Crippen molar-refractivity contribution in [1.29, 1.82) is 0 Å². The first-order chi connectivity index (χ1) is 35.6. The lowest BCUT2D eigenvalue weighted by Gasteiger charge is -2.40. The molecule has 2 aromatic carbocycles. The van der Waals surface area contributed by atoms with E-state index in [9.17, 15) is 19.2 Å². The fraction of sp³-hybridized carbons (Fsp3) is 0.491. The number of imidazole rings is 2. The van der Waals surface area contributed by atoms with Gasteiger partial charge in [0.25, 0.3) is 0 Å². The number of thiazole rings is 1. The number of rotatable bonds is 12. The number of carbonyl (C=O) groups excluding carboxylic acids is 4. The molecule has 74 heavy (non-hydrogen) atoms. The molecule has 11 rings (SSSR count). The van der Waals surface area contributed by atoms with Gasteiger partial charge in [-0.25, -0.2) is 33.3 Å². The zero-order valence-corrected chi connectivity index (χ0v) is 42.9. The first-order valence-corrected chi connectivity index (χ1v) is 26.3. The molecule has 0 radical (unpaired) electrons. The highest BCUT2D eigenvalue weighted by atomic mass is 32.1. The van der Waals surface area contributed by atoms with E-state index < -0.39 is 59.8 Å². The molecule has 8 heterocycles. The minimum Gasteiger partial charge on any atom is -0.462 e. The van der Waals surface area contributed by atoms with Crippen molar-refractivity contribution in [1.82, 2.24) is 49.9 Å². The molecule has 1 aliphatic carbocycles. The number of methoxy groups -OCH3 is 2. The topological polar surface area (TPSA) is 211 Å². The number of carbonyl (C=O) groups is 4. The number of aromatic nitrogens is 6. The molecule has 6 aromatic rings. The van der Waals surface area contributed by atoms with Gasteiger partial charge < -0.3 is 49.3 Å². The van der Waals surface area contributed by atoms with E-state index in [4.69, 9.17) is 28.9 Å². The van der Waals surface area contributed by atoms with Crippen LogP contribution in [-0.2, 0) is 23.8 Å². The van der Waals surface area contributed by atoms with Crippen LogP contribution in [0.1, 0.15) is 125 Å². The van der Waals surface area contributed by atoms with E-state index in [0.29, 0.717) is 96.0 Å². The maximum absolute atomic E-state index is 17.5. The quantitative estimate of drug-likeness (QED) is 0.0907. The molecule has 5 aliphatic rings. The van der Waals surface area contributed by atoms with Crippen LogP contribution < -0.4 is 15.4 Å². The predicted molar refractivity (Wildman–Crippen MR) is 269 cm³/mol. The third kappa shape index (κ3) is 9.04. The summed E-state index contributed by atoms with van der Waals surface area (Å²) in [5.41, 5.74) is 2.11. The smallest absolute Gasteiger partial charge is 0.407 e. The summed E-state index contributed by atoms with van der Waals surface area (Å²) in [6, 6.07) is 5.92. The summed E-state index contributed by atoms with van der Waals surface area (Å²) in [6.07, 6.45) is 8.83. The van der Waals surface area contributed by atoms with Gasteiger partial charge in [0, 0.05) is 47.3 Å². The molecule has 4 N–H and O–H groups in total. The molecule has 3 unspecified atom stereocenters. The molecule has 1 saturated carbocycles. The number of H-pyrrole nitrogens is 2. The maximum atomic E-state index is 17.5. The zero-order valence-electron chi connectivity index (χ0n) is 42.1. The van der Waals surface area contributed by atoms with E-state index in [0.717, 1.165) is 30.6 Å². The van der Waals surface area contributed by atoms with Crippen molar-refractivity contribution in [3.63, 3.8) is 0 Å². The Kier molecular flexibility index (Phi) is 13.0. The number of hydrogen-bond acceptors (Lipinski definition) is 12. The van der Waals surface area contributed by atoms with E-state index in [1.807, 2.05) is 40.0 Å². The Morgan fingerprint density at radius 3 is 2.14 bits per heavy atom. The van der Waals surface area contributed by atoms with Crippen LogP contribution in [0.3, 0.4) is 0 Å². The number of aromatic amines is 2. The molecule has 4 amide bonds. The Balaban J connectivity index is 0.908. The largest absolute Gasteiger partial charge is 0.462 e. The van der Waals surface area contributed by atoms with Crippen LogP contribution >= 0.6 is 11.3 Å². The molecule has 4 aromatic heterocycles. The van der Waals surface area contributed by atoms with E-state index in [1.54, 1.807) is 45.0 Å². The number of nitrogens with one attached hydrogen (secondary N) is 4. The molecule has 390 valence electrons. The van der Waals surface area contributed by atoms with Crippen LogP contribution in [0.25, 0.3) is 44.7 Å². The van der Waals surface area contributed by atoms with E-state index in [2.05, 4.69) is 25.6 Å². The monoisotopic (exact) mass is 1030 g/mol. The Morgan fingerprint density at radius 2 is 1.49 bits per heavy atom. The van der Waals surface area contributed by atoms with Gasteiger partial charge in [0.05, 0.1) is 72.5 Å². The average Bonchev–Trinajstić information content (AvgIpc) is 4.10. The third-order valence-corrected chi connectivity index (χ3v) is 16.5. The number of ether oxygens (including phenoxy) is 4. The first kappa shape index (κ1) is 49.3. The van der Waals surface area contributed by atoms with Gasteiger partial charge in [-0.15, -0.1) is 11.3 Å². The summed E-state index contributed by atoms with van der Waals surface area (Å²) in [5.74, 6) is -0.576. The summed E-state index contributed by atoms with van der Waals surface area (Å²) in [5, 5.41) is 6.33. The number of likely N-dealkylation sites (tertiary alicyclic amines) is 2. The lowest BCUT2D eigenvalue weighted by molar-refractivity contribution is -0.139. The summed E-state index contributed by atoms with van der Waals surface area (Å²) in [6.45, 7) is 9.07. The highest BCUT2D eigenvalue weighted by molar-refractivity contribution is 7.11. The van der Waals surface area contributed by atoms with E-state index >= 15 is 8.78 Å². The number of benzene rings is 2. The highest BCUT2D eigenvalue weighted by Gasteiger charge is 2.44. The highest BCUT2D eigenvalue weighted by Crippen LogP contribution is 2.51. The number of nitrogens with zero attached hydrogens (tertiary/aromatic N) is 6. The Morgan fingerprint density at radius 1 is 0.824 bits per heavy atom. The molecular formula is C53H60F2N10O8S. The predicted octanol–water partition coefficient (Wildman–Crippen LogP) is 9.28. The van der Waals surface area contributed by atoms with Gasteiger partial charge in [-0.3, -0.25) is 14.2 Å². The minimum atomic E-state index is -0.931. The average molecular weight is 1040 g/mol. The number of hydrogen-bond donors (Lipinski definition) is 4. The molecule has 6 atom stereocenters. The number of fused-ring (bicyclic) bond motifs is 5. The summed E-state index contributed by atoms with van der Waals surface area (Å²) >= 11 is 1.50. The molecule has 0 bridgehead atoms. The first-order valence-electron chi connectivity index (χ1n) is 25.4. The zero-order chi connectivity index (χ0) is 51.7. The second kappa shape index (κ2) is 19.4. The second-order valence-electron chi connectivity index (χ2n) is 21.0. The molecule has 4 fully saturated rings. The van der Waals surface area contributed by atoms with Crippen molar-refractivity contribution >= 4 is 46.2 Å². The molecule has 21 heteroatoms. The van der Waals surface area contributed by atoms with Crippen molar-refractivity contribution in [3.8, 4) is 39.5 Å². The van der Waals surface area contributed by atoms with Gasteiger partial charge >= 0.3 is 12.2 Å². The van der Waals surface area contributed by atoms with Crippen LogP contribution in [0.15, 0.2) is 48.9 Å². The second-order valence-corrected chi connectivity index (χ2v) is 22.1. The van der Waals surface area contributed by atoms with Crippen LogP contribution in [0.2, 0.25) is 0 Å². The normalized spacial score (nSPS) is 22.0. The minimum absolute atomic E-state index is 0.0229. The summed E-state index contributed by atoms with van der Waals surface area (Å²) < 4.78 is 58.6. The van der Waals surface area contributed by atoms with E-state index in [1.165, 1.54) is 31.6 Å². The van der Waals surface area contributed by atoms with Crippen molar-refractivity contribution < 1.29 is 46.9 Å². The molecule has 4 aliphatic heterocycles. The summed E-state index contributed by atoms with van der Waals surface area (Å²) in [4.78, 5) is 78.6. The summed E-state index contributed by atoms with van der Waals surface area (Å²) in [7, 11) is 2.53. The number of halogens is 2. The Labute approximate surface area is 429 Å². The lowest BCUT2D eigenvalue weighted by Crippen LogP contribution is -2.54. The van der Waals surface area contributed by atoms with Crippen LogP contribution in [0.4, 0.5) is 18.4 Å². The van der Waals surface area contributed by atoms with Crippen LogP contribution in [0, 0.1) is 23.5 Å². The van der Waals surface area contributed by atoms with Crippen molar-refractivity contribution in [2.24, 2.45) is 11.8 Å².